The van der Waals surface area contributed by atoms with Crippen molar-refractivity contribution in [1.82, 2.24) is 0 Å². The molecule has 1 saturated heterocycles. The van der Waals surface area contributed by atoms with Gasteiger partial charge < -0.3 is 24.8 Å². The summed E-state index contributed by atoms with van der Waals surface area (Å²) in [6, 6.07) is 6.09. The summed E-state index contributed by atoms with van der Waals surface area (Å²) in [6.07, 6.45) is 4.35. The summed E-state index contributed by atoms with van der Waals surface area (Å²) >= 11 is 0. The molecule has 1 fully saturated rings. The summed E-state index contributed by atoms with van der Waals surface area (Å²) in [5, 5.41) is 29.7. The van der Waals surface area contributed by atoms with Crippen LogP contribution in [0.1, 0.15) is 49.0 Å². The minimum atomic E-state index is -0.843. The Morgan fingerprint density at radius 1 is 1.15 bits per heavy atom. The fraction of sp³-hybridized carbons (Fsp3) is 0.545. The number of rotatable bonds is 6. The van der Waals surface area contributed by atoms with Crippen LogP contribution >= 0.6 is 0 Å². The van der Waals surface area contributed by atoms with Gasteiger partial charge in [0.2, 0.25) is 0 Å². The molecule has 0 spiro atoms. The zero-order chi connectivity index (χ0) is 19.4. The predicted octanol–water partition coefficient (Wildman–Crippen LogP) is 2.72. The SMILES string of the molecule is CCOC1=CC=C(Cc2cc(C3OC(CO)C(O)CC3O)ccc2C)CC1. The second-order valence-corrected chi connectivity index (χ2v) is 7.40. The fourth-order valence-electron chi connectivity index (χ4n) is 3.78. The molecular formula is C22H30O5. The molecule has 1 aromatic carbocycles. The van der Waals surface area contributed by atoms with Crippen LogP contribution in [-0.4, -0.2) is 46.8 Å². The Hall–Kier alpha value is -1.66. The largest absolute Gasteiger partial charge is 0.498 e. The van der Waals surface area contributed by atoms with E-state index in [1.165, 1.54) is 16.7 Å². The summed E-state index contributed by atoms with van der Waals surface area (Å²) in [5.74, 6) is 1.04. The molecule has 1 aliphatic carbocycles. The molecule has 1 aliphatic heterocycles. The van der Waals surface area contributed by atoms with Crippen molar-refractivity contribution in [3.63, 3.8) is 0 Å². The van der Waals surface area contributed by atoms with E-state index >= 15 is 0 Å². The highest BCUT2D eigenvalue weighted by Gasteiger charge is 2.36. The van der Waals surface area contributed by atoms with Crippen molar-refractivity contribution in [1.29, 1.82) is 0 Å². The van der Waals surface area contributed by atoms with E-state index in [4.69, 9.17) is 9.47 Å². The molecule has 0 bridgehead atoms. The van der Waals surface area contributed by atoms with E-state index in [0.717, 1.165) is 30.6 Å². The Kier molecular flexibility index (Phi) is 6.71. The van der Waals surface area contributed by atoms with E-state index in [9.17, 15) is 15.3 Å². The van der Waals surface area contributed by atoms with Gasteiger partial charge in [-0.2, -0.15) is 0 Å². The number of hydrogen-bond donors (Lipinski definition) is 3. The van der Waals surface area contributed by atoms with Crippen LogP contribution in [-0.2, 0) is 15.9 Å². The van der Waals surface area contributed by atoms with Gasteiger partial charge >= 0.3 is 0 Å². The van der Waals surface area contributed by atoms with Gasteiger partial charge in [-0.3, -0.25) is 0 Å². The summed E-state index contributed by atoms with van der Waals surface area (Å²) in [7, 11) is 0. The fourth-order valence-corrected chi connectivity index (χ4v) is 3.78. The van der Waals surface area contributed by atoms with E-state index in [-0.39, 0.29) is 13.0 Å². The van der Waals surface area contributed by atoms with Crippen molar-refractivity contribution in [3.8, 4) is 0 Å². The predicted molar refractivity (Wildman–Crippen MR) is 103 cm³/mol. The van der Waals surface area contributed by atoms with E-state index < -0.39 is 24.4 Å². The number of aliphatic hydroxyl groups excluding tert-OH is 3. The van der Waals surface area contributed by atoms with Gasteiger partial charge in [-0.05, 0) is 49.5 Å². The summed E-state index contributed by atoms with van der Waals surface area (Å²) in [4.78, 5) is 0. The maximum absolute atomic E-state index is 10.4. The monoisotopic (exact) mass is 374 g/mol. The minimum absolute atomic E-state index is 0.204. The van der Waals surface area contributed by atoms with Crippen LogP contribution in [0.25, 0.3) is 0 Å². The van der Waals surface area contributed by atoms with Crippen molar-refractivity contribution in [2.45, 2.75) is 63.9 Å². The molecule has 4 unspecified atom stereocenters. The zero-order valence-corrected chi connectivity index (χ0v) is 16.1. The summed E-state index contributed by atoms with van der Waals surface area (Å²) in [5.41, 5.74) is 4.64. The lowest BCUT2D eigenvalue weighted by atomic mass is 9.89. The normalized spacial score (nSPS) is 28.5. The van der Waals surface area contributed by atoms with Gasteiger partial charge in [0.25, 0.3) is 0 Å². The maximum Gasteiger partial charge on any atom is 0.109 e. The molecule has 3 N–H and O–H groups in total. The van der Waals surface area contributed by atoms with Crippen LogP contribution in [0, 0.1) is 6.92 Å². The van der Waals surface area contributed by atoms with Crippen molar-refractivity contribution in [3.05, 3.63) is 58.4 Å². The van der Waals surface area contributed by atoms with Crippen LogP contribution in [0.2, 0.25) is 0 Å². The molecule has 0 amide bonds. The molecule has 2 aliphatic rings. The van der Waals surface area contributed by atoms with Crippen molar-refractivity contribution >= 4 is 0 Å². The minimum Gasteiger partial charge on any atom is -0.498 e. The first kappa shape index (κ1) is 20.1. The third-order valence-electron chi connectivity index (χ3n) is 5.41. The Morgan fingerprint density at radius 2 is 1.96 bits per heavy atom. The van der Waals surface area contributed by atoms with Crippen LogP contribution in [0.3, 0.4) is 0 Å². The smallest absolute Gasteiger partial charge is 0.109 e. The zero-order valence-electron chi connectivity index (χ0n) is 16.1. The van der Waals surface area contributed by atoms with Crippen LogP contribution < -0.4 is 0 Å². The van der Waals surface area contributed by atoms with Gasteiger partial charge in [0.1, 0.15) is 12.2 Å². The first-order valence-corrected chi connectivity index (χ1v) is 9.75. The van der Waals surface area contributed by atoms with Gasteiger partial charge in [-0.15, -0.1) is 0 Å². The molecule has 1 aromatic rings. The number of ether oxygens (including phenoxy) is 2. The lowest BCUT2D eigenvalue weighted by Crippen LogP contribution is -2.44. The standard InChI is InChI=1S/C22H30O5/c1-3-26-18-8-5-15(6-9-18)10-17-11-16(7-4-14(17)2)22-20(25)12-19(24)21(13-23)27-22/h4-5,7-8,11,19-25H,3,6,9-10,12-13H2,1-2H3. The third kappa shape index (κ3) is 4.79. The first-order chi connectivity index (χ1) is 13.0. The second-order valence-electron chi connectivity index (χ2n) is 7.40. The summed E-state index contributed by atoms with van der Waals surface area (Å²) in [6.45, 7) is 4.52. The lowest BCUT2D eigenvalue weighted by molar-refractivity contribution is -0.181. The molecule has 3 rings (SSSR count). The van der Waals surface area contributed by atoms with Crippen LogP contribution in [0.4, 0.5) is 0 Å². The molecular weight excluding hydrogens is 344 g/mol. The van der Waals surface area contributed by atoms with Crippen molar-refractivity contribution in [2.24, 2.45) is 0 Å². The number of aliphatic hydroxyl groups is 3. The van der Waals surface area contributed by atoms with E-state index in [0.29, 0.717) is 6.61 Å². The van der Waals surface area contributed by atoms with Gasteiger partial charge in [0, 0.05) is 12.8 Å². The number of hydrogen-bond acceptors (Lipinski definition) is 5. The Bertz CT molecular complexity index is 709. The van der Waals surface area contributed by atoms with E-state index in [1.54, 1.807) is 0 Å². The molecule has 4 atom stereocenters. The number of allylic oxidation sites excluding steroid dienone is 4. The molecule has 0 radical (unpaired) electrons. The first-order valence-electron chi connectivity index (χ1n) is 9.75. The highest BCUT2D eigenvalue weighted by molar-refractivity contribution is 5.37. The topological polar surface area (TPSA) is 79.2 Å². The number of aryl methyl sites for hydroxylation is 1. The van der Waals surface area contributed by atoms with Gasteiger partial charge in [0.05, 0.1) is 31.2 Å². The van der Waals surface area contributed by atoms with Crippen LogP contribution in [0.5, 0.6) is 0 Å². The highest BCUT2D eigenvalue weighted by Crippen LogP contribution is 2.33. The lowest BCUT2D eigenvalue weighted by Gasteiger charge is -2.37. The molecule has 5 heteroatoms. The van der Waals surface area contributed by atoms with E-state index in [1.807, 2.05) is 19.1 Å². The maximum atomic E-state index is 10.4. The summed E-state index contributed by atoms with van der Waals surface area (Å²) < 4.78 is 11.4. The quantitative estimate of drug-likeness (QED) is 0.714. The van der Waals surface area contributed by atoms with Gasteiger partial charge in [0.15, 0.2) is 0 Å². The molecule has 27 heavy (non-hydrogen) atoms. The van der Waals surface area contributed by atoms with Crippen LogP contribution in [0.15, 0.2) is 41.7 Å². The van der Waals surface area contributed by atoms with Crippen molar-refractivity contribution < 1.29 is 24.8 Å². The average molecular weight is 374 g/mol. The average Bonchev–Trinajstić information content (AvgIpc) is 2.66. The molecule has 148 valence electrons. The Labute approximate surface area is 160 Å². The van der Waals surface area contributed by atoms with Gasteiger partial charge in [-0.25, -0.2) is 0 Å². The molecule has 0 saturated carbocycles. The Balaban J connectivity index is 1.77. The van der Waals surface area contributed by atoms with E-state index in [2.05, 4.69) is 25.1 Å². The van der Waals surface area contributed by atoms with Crippen molar-refractivity contribution in [2.75, 3.05) is 13.2 Å². The third-order valence-corrected chi connectivity index (χ3v) is 5.41. The second kappa shape index (κ2) is 9.02. The molecule has 1 heterocycles. The highest BCUT2D eigenvalue weighted by atomic mass is 16.5. The molecule has 0 aromatic heterocycles. The molecule has 5 nitrogen and oxygen atoms in total. The van der Waals surface area contributed by atoms with Gasteiger partial charge in [-0.1, -0.05) is 29.8 Å². The Morgan fingerprint density at radius 3 is 2.63 bits per heavy atom. The number of benzene rings is 1.